The van der Waals surface area contributed by atoms with Crippen LogP contribution in [0.5, 0.6) is 0 Å². The Kier molecular flexibility index (Phi) is 4.74. The first-order valence-corrected chi connectivity index (χ1v) is 8.20. The van der Waals surface area contributed by atoms with Crippen LogP contribution in [0.25, 0.3) is 0 Å². The lowest BCUT2D eigenvalue weighted by atomic mass is 9.89. The summed E-state index contributed by atoms with van der Waals surface area (Å²) < 4.78 is 13.3. The van der Waals surface area contributed by atoms with E-state index in [2.05, 4.69) is 0 Å². The third-order valence-electron chi connectivity index (χ3n) is 4.49. The summed E-state index contributed by atoms with van der Waals surface area (Å²) in [5, 5.41) is 0. The van der Waals surface area contributed by atoms with Gasteiger partial charge in [-0.1, -0.05) is 35.9 Å². The molecular weight excluding hydrogens is 305 g/mol. The molecule has 4 heteroatoms. The van der Waals surface area contributed by atoms with Crippen molar-refractivity contribution in [3.63, 3.8) is 0 Å². The maximum Gasteiger partial charge on any atom is 0.253 e. The van der Waals surface area contributed by atoms with Gasteiger partial charge in [-0.15, -0.1) is 0 Å². The molecule has 2 aromatic rings. The molecule has 1 saturated heterocycles. The van der Waals surface area contributed by atoms with Crippen molar-refractivity contribution in [3.8, 4) is 0 Å². The lowest BCUT2D eigenvalue weighted by Gasteiger charge is -2.32. The molecule has 0 aromatic heterocycles. The van der Waals surface area contributed by atoms with E-state index in [4.69, 9.17) is 0 Å². The minimum Gasteiger partial charge on any atom is -0.338 e. The maximum absolute atomic E-state index is 13.3. The quantitative estimate of drug-likeness (QED) is 0.803. The first-order valence-electron chi connectivity index (χ1n) is 8.20. The zero-order chi connectivity index (χ0) is 17.1. The second-order valence-corrected chi connectivity index (χ2v) is 6.33. The number of halogens is 1. The number of benzene rings is 2. The van der Waals surface area contributed by atoms with E-state index in [1.54, 1.807) is 11.0 Å². The summed E-state index contributed by atoms with van der Waals surface area (Å²) in [7, 11) is 0. The van der Waals surface area contributed by atoms with Crippen molar-refractivity contribution in [2.75, 3.05) is 13.1 Å². The summed E-state index contributed by atoms with van der Waals surface area (Å²) in [4.78, 5) is 26.9. The number of carbonyl (C=O) groups excluding carboxylic acids is 2. The largest absolute Gasteiger partial charge is 0.338 e. The number of nitrogens with zero attached hydrogens (tertiary/aromatic N) is 1. The molecule has 0 N–H and O–H groups in total. The van der Waals surface area contributed by atoms with Crippen LogP contribution in [0.4, 0.5) is 4.39 Å². The van der Waals surface area contributed by atoms with E-state index in [-0.39, 0.29) is 17.6 Å². The molecule has 0 spiro atoms. The lowest BCUT2D eigenvalue weighted by Crippen LogP contribution is -2.42. The highest BCUT2D eigenvalue weighted by Gasteiger charge is 2.29. The first kappa shape index (κ1) is 16.4. The van der Waals surface area contributed by atoms with Crippen molar-refractivity contribution < 1.29 is 14.0 Å². The summed E-state index contributed by atoms with van der Waals surface area (Å²) in [5.74, 6) is -0.758. The van der Waals surface area contributed by atoms with Crippen molar-refractivity contribution in [3.05, 3.63) is 71.0 Å². The van der Waals surface area contributed by atoms with E-state index >= 15 is 0 Å². The summed E-state index contributed by atoms with van der Waals surface area (Å²) in [5.41, 5.74) is 2.13. The zero-order valence-corrected chi connectivity index (χ0v) is 13.7. The van der Waals surface area contributed by atoms with Crippen LogP contribution in [0.15, 0.2) is 48.5 Å². The molecular formula is C20H20FNO2. The van der Waals surface area contributed by atoms with Gasteiger partial charge in [-0.05, 0) is 38.0 Å². The van der Waals surface area contributed by atoms with Crippen LogP contribution in [0.1, 0.15) is 39.1 Å². The smallest absolute Gasteiger partial charge is 0.253 e. The van der Waals surface area contributed by atoms with Gasteiger partial charge in [0.15, 0.2) is 5.78 Å². The van der Waals surface area contributed by atoms with Crippen molar-refractivity contribution >= 4 is 11.7 Å². The van der Waals surface area contributed by atoms with Crippen molar-refractivity contribution in [2.24, 2.45) is 5.92 Å². The van der Waals surface area contributed by atoms with Gasteiger partial charge in [0.05, 0.1) is 0 Å². The molecule has 0 aliphatic carbocycles. The van der Waals surface area contributed by atoms with Crippen LogP contribution in [0.2, 0.25) is 0 Å². The fourth-order valence-electron chi connectivity index (χ4n) is 3.13. The number of carbonyl (C=O) groups is 2. The standard InChI is InChI=1S/C20H20FNO2/c1-14-7-9-15(10-8-14)19(23)17-5-3-11-22(13-17)20(24)16-4-2-6-18(21)12-16/h2,4,6-10,12,17H,3,5,11,13H2,1H3. The Morgan fingerprint density at radius 3 is 2.54 bits per heavy atom. The van der Waals surface area contributed by atoms with Gasteiger partial charge in [-0.25, -0.2) is 4.39 Å². The first-order chi connectivity index (χ1) is 11.5. The van der Waals surface area contributed by atoms with Crippen molar-refractivity contribution in [1.82, 2.24) is 4.90 Å². The summed E-state index contributed by atoms with van der Waals surface area (Å²) in [6, 6.07) is 13.2. The van der Waals surface area contributed by atoms with Gasteiger partial charge in [0.1, 0.15) is 5.82 Å². The molecule has 24 heavy (non-hydrogen) atoms. The van der Waals surface area contributed by atoms with Crippen LogP contribution in [-0.4, -0.2) is 29.7 Å². The molecule has 1 unspecified atom stereocenters. The average molecular weight is 325 g/mol. The number of piperidine rings is 1. The van der Waals surface area contributed by atoms with E-state index in [0.717, 1.165) is 18.4 Å². The number of aryl methyl sites for hydroxylation is 1. The number of rotatable bonds is 3. The molecule has 1 aliphatic heterocycles. The minimum atomic E-state index is -0.426. The fourth-order valence-corrected chi connectivity index (χ4v) is 3.13. The van der Waals surface area contributed by atoms with Crippen LogP contribution < -0.4 is 0 Å². The Balaban J connectivity index is 1.73. The molecule has 1 heterocycles. The van der Waals surface area contributed by atoms with Gasteiger partial charge in [0.25, 0.3) is 5.91 Å². The molecule has 0 saturated carbocycles. The molecule has 0 bridgehead atoms. The highest BCUT2D eigenvalue weighted by Crippen LogP contribution is 2.23. The molecule has 0 radical (unpaired) electrons. The van der Waals surface area contributed by atoms with Gasteiger partial charge in [0.2, 0.25) is 0 Å². The predicted molar refractivity (Wildman–Crippen MR) is 90.5 cm³/mol. The van der Waals surface area contributed by atoms with E-state index in [1.807, 2.05) is 31.2 Å². The van der Waals surface area contributed by atoms with E-state index in [1.165, 1.54) is 18.2 Å². The van der Waals surface area contributed by atoms with Gasteiger partial charge in [0, 0.05) is 30.1 Å². The van der Waals surface area contributed by atoms with Crippen LogP contribution in [0, 0.1) is 18.7 Å². The number of hydrogen-bond acceptors (Lipinski definition) is 2. The SMILES string of the molecule is Cc1ccc(C(=O)C2CCCN(C(=O)c3cccc(F)c3)C2)cc1. The number of hydrogen-bond donors (Lipinski definition) is 0. The second-order valence-electron chi connectivity index (χ2n) is 6.33. The molecule has 1 amide bonds. The Bertz CT molecular complexity index is 754. The fraction of sp³-hybridized carbons (Fsp3) is 0.300. The van der Waals surface area contributed by atoms with Gasteiger partial charge >= 0.3 is 0 Å². The average Bonchev–Trinajstić information content (AvgIpc) is 2.61. The molecule has 2 aromatic carbocycles. The lowest BCUT2D eigenvalue weighted by molar-refractivity contribution is 0.0636. The summed E-state index contributed by atoms with van der Waals surface area (Å²) >= 11 is 0. The van der Waals surface area contributed by atoms with Crippen molar-refractivity contribution in [1.29, 1.82) is 0 Å². The Morgan fingerprint density at radius 1 is 1.08 bits per heavy atom. The van der Waals surface area contributed by atoms with Crippen LogP contribution >= 0.6 is 0 Å². The minimum absolute atomic E-state index is 0.0757. The topological polar surface area (TPSA) is 37.4 Å². The third-order valence-corrected chi connectivity index (χ3v) is 4.49. The Labute approximate surface area is 141 Å². The van der Waals surface area contributed by atoms with E-state index < -0.39 is 5.82 Å². The molecule has 1 aliphatic rings. The van der Waals surface area contributed by atoms with Crippen LogP contribution in [0.3, 0.4) is 0 Å². The van der Waals surface area contributed by atoms with E-state index in [0.29, 0.717) is 24.2 Å². The zero-order valence-electron chi connectivity index (χ0n) is 13.7. The summed E-state index contributed by atoms with van der Waals surface area (Å²) in [6.07, 6.45) is 1.56. The van der Waals surface area contributed by atoms with Crippen molar-refractivity contribution in [2.45, 2.75) is 19.8 Å². The highest BCUT2D eigenvalue weighted by molar-refractivity contribution is 5.99. The summed E-state index contributed by atoms with van der Waals surface area (Å²) in [6.45, 7) is 2.98. The second kappa shape index (κ2) is 6.95. The van der Waals surface area contributed by atoms with Gasteiger partial charge in [-0.2, -0.15) is 0 Å². The molecule has 3 rings (SSSR count). The number of ketones is 1. The van der Waals surface area contributed by atoms with E-state index in [9.17, 15) is 14.0 Å². The molecule has 1 atom stereocenters. The Morgan fingerprint density at radius 2 is 1.83 bits per heavy atom. The van der Waals surface area contributed by atoms with Gasteiger partial charge in [-0.3, -0.25) is 9.59 Å². The third kappa shape index (κ3) is 3.53. The predicted octanol–water partition coefficient (Wildman–Crippen LogP) is 3.87. The molecule has 1 fully saturated rings. The Hall–Kier alpha value is -2.49. The number of likely N-dealkylation sites (tertiary alicyclic amines) is 1. The molecule has 124 valence electrons. The van der Waals surface area contributed by atoms with Gasteiger partial charge < -0.3 is 4.90 Å². The van der Waals surface area contributed by atoms with Crippen LogP contribution in [-0.2, 0) is 0 Å². The molecule has 3 nitrogen and oxygen atoms in total. The highest BCUT2D eigenvalue weighted by atomic mass is 19.1. The monoisotopic (exact) mass is 325 g/mol. The number of amides is 1. The number of Topliss-reactive ketones (excluding diaryl/α,β-unsaturated/α-hetero) is 1. The maximum atomic E-state index is 13.3. The normalized spacial score (nSPS) is 17.6.